The molecule has 0 aromatic carbocycles. The Balaban J connectivity index is 2.40. The number of hydrogen-bond donors (Lipinski definition) is 1. The molecule has 0 heterocycles. The third kappa shape index (κ3) is 3.01. The molecule has 0 saturated heterocycles. The maximum atomic E-state index is 10.5. The molecular formula is C16H20O3. The van der Waals surface area contributed by atoms with E-state index in [0.717, 1.165) is 19.3 Å². The highest BCUT2D eigenvalue weighted by Crippen LogP contribution is 2.35. The van der Waals surface area contributed by atoms with Crippen LogP contribution in [0.1, 0.15) is 25.7 Å². The van der Waals surface area contributed by atoms with Crippen molar-refractivity contribution in [2.75, 3.05) is 14.2 Å². The highest BCUT2D eigenvalue weighted by atomic mass is 16.5. The summed E-state index contributed by atoms with van der Waals surface area (Å²) in [4.78, 5) is 0. The Morgan fingerprint density at radius 2 is 2.05 bits per heavy atom. The minimum atomic E-state index is -0.762. The van der Waals surface area contributed by atoms with E-state index in [2.05, 4.69) is 23.7 Å². The Morgan fingerprint density at radius 3 is 2.79 bits per heavy atom. The van der Waals surface area contributed by atoms with E-state index in [9.17, 15) is 5.11 Å². The zero-order valence-electron chi connectivity index (χ0n) is 11.5. The summed E-state index contributed by atoms with van der Waals surface area (Å²) in [5.74, 6) is 12.3. The Kier molecular flexibility index (Phi) is 4.66. The second kappa shape index (κ2) is 6.26. The zero-order chi connectivity index (χ0) is 13.7. The van der Waals surface area contributed by atoms with Gasteiger partial charge in [0.05, 0.1) is 6.10 Å². The van der Waals surface area contributed by atoms with Crippen LogP contribution in [0.15, 0.2) is 12.2 Å². The summed E-state index contributed by atoms with van der Waals surface area (Å²) in [6.45, 7) is 0. The Labute approximate surface area is 115 Å². The Bertz CT molecular complexity index is 460. The first-order valence-corrected chi connectivity index (χ1v) is 6.66. The smallest absolute Gasteiger partial charge is 0.154 e. The minimum absolute atomic E-state index is 0.148. The van der Waals surface area contributed by atoms with Crippen LogP contribution in [0.5, 0.6) is 0 Å². The monoisotopic (exact) mass is 260 g/mol. The summed E-state index contributed by atoms with van der Waals surface area (Å²) in [7, 11) is 3.28. The first kappa shape index (κ1) is 14.2. The highest BCUT2D eigenvalue weighted by Gasteiger charge is 2.41. The van der Waals surface area contributed by atoms with Gasteiger partial charge in [0.1, 0.15) is 6.10 Å². The van der Waals surface area contributed by atoms with Gasteiger partial charge < -0.3 is 14.6 Å². The quantitative estimate of drug-likeness (QED) is 0.765. The molecule has 19 heavy (non-hydrogen) atoms. The first-order valence-electron chi connectivity index (χ1n) is 6.66. The molecule has 2 rings (SSSR count). The van der Waals surface area contributed by atoms with Gasteiger partial charge in [0.2, 0.25) is 0 Å². The van der Waals surface area contributed by atoms with Crippen molar-refractivity contribution in [3.63, 3.8) is 0 Å². The number of aliphatic hydroxyl groups excluding tert-OH is 1. The molecule has 1 saturated carbocycles. The van der Waals surface area contributed by atoms with Crippen molar-refractivity contribution < 1.29 is 14.6 Å². The predicted octanol–water partition coefficient (Wildman–Crippen LogP) is 1.51. The lowest BCUT2D eigenvalue weighted by atomic mass is 9.89. The number of rotatable bonds is 2. The fourth-order valence-electron chi connectivity index (χ4n) is 2.85. The van der Waals surface area contributed by atoms with Crippen LogP contribution in [-0.2, 0) is 9.47 Å². The number of hydrogen-bond acceptors (Lipinski definition) is 3. The molecule has 0 spiro atoms. The summed E-state index contributed by atoms with van der Waals surface area (Å²) >= 11 is 0. The largest absolute Gasteiger partial charge is 0.389 e. The molecule has 1 fully saturated rings. The molecule has 0 radical (unpaired) electrons. The zero-order valence-corrected chi connectivity index (χ0v) is 11.5. The number of methoxy groups -OCH3 is 2. The summed E-state index contributed by atoms with van der Waals surface area (Å²) < 4.78 is 11.0. The average Bonchev–Trinajstić information content (AvgIpc) is 2.58. The van der Waals surface area contributed by atoms with Gasteiger partial charge in [0.15, 0.2) is 5.60 Å². The van der Waals surface area contributed by atoms with Gasteiger partial charge in [0.25, 0.3) is 0 Å². The van der Waals surface area contributed by atoms with E-state index in [-0.39, 0.29) is 12.0 Å². The van der Waals surface area contributed by atoms with E-state index in [1.54, 1.807) is 26.4 Å². The molecule has 0 aliphatic heterocycles. The SMILES string of the molecule is CO[C@@H]1C#C/C=C\C#C[C@@]2(OC)CCC[C@H]1C[C@@H]2O. The highest BCUT2D eigenvalue weighted by molar-refractivity contribution is 5.31. The first-order chi connectivity index (χ1) is 9.22. The minimum Gasteiger partial charge on any atom is -0.389 e. The van der Waals surface area contributed by atoms with Gasteiger partial charge in [-0.15, -0.1) is 0 Å². The molecule has 4 atom stereocenters. The van der Waals surface area contributed by atoms with Crippen LogP contribution in [0.25, 0.3) is 0 Å². The van der Waals surface area contributed by atoms with Crippen LogP contribution in [0, 0.1) is 29.6 Å². The van der Waals surface area contributed by atoms with Crippen molar-refractivity contribution in [2.24, 2.45) is 5.92 Å². The van der Waals surface area contributed by atoms with Gasteiger partial charge in [-0.3, -0.25) is 0 Å². The Morgan fingerprint density at radius 1 is 1.26 bits per heavy atom. The third-order valence-corrected chi connectivity index (χ3v) is 3.99. The maximum Gasteiger partial charge on any atom is 0.154 e. The second-order valence-corrected chi connectivity index (χ2v) is 5.05. The van der Waals surface area contributed by atoms with Crippen molar-refractivity contribution in [3.05, 3.63) is 12.2 Å². The van der Waals surface area contributed by atoms with Crippen LogP contribution in [0.4, 0.5) is 0 Å². The number of allylic oxidation sites excluding steroid dienone is 2. The van der Waals surface area contributed by atoms with Crippen molar-refractivity contribution in [2.45, 2.75) is 43.5 Å². The van der Waals surface area contributed by atoms with Crippen LogP contribution in [-0.4, -0.2) is 37.1 Å². The molecule has 3 nitrogen and oxygen atoms in total. The molecule has 2 aliphatic carbocycles. The van der Waals surface area contributed by atoms with Gasteiger partial charge in [-0.2, -0.15) is 0 Å². The summed E-state index contributed by atoms with van der Waals surface area (Å²) in [6, 6.07) is 0. The van der Waals surface area contributed by atoms with Gasteiger partial charge in [-0.25, -0.2) is 0 Å². The molecule has 3 heteroatoms. The maximum absolute atomic E-state index is 10.5. The van der Waals surface area contributed by atoms with Crippen molar-refractivity contribution in [1.82, 2.24) is 0 Å². The molecule has 2 bridgehead atoms. The van der Waals surface area contributed by atoms with Gasteiger partial charge >= 0.3 is 0 Å². The van der Waals surface area contributed by atoms with Crippen LogP contribution in [0.2, 0.25) is 0 Å². The number of aliphatic hydroxyl groups is 1. The molecule has 0 aromatic rings. The van der Waals surface area contributed by atoms with E-state index in [4.69, 9.17) is 9.47 Å². The van der Waals surface area contributed by atoms with Gasteiger partial charge in [-0.1, -0.05) is 23.7 Å². The summed E-state index contributed by atoms with van der Waals surface area (Å²) in [5, 5.41) is 10.5. The van der Waals surface area contributed by atoms with E-state index >= 15 is 0 Å². The van der Waals surface area contributed by atoms with E-state index in [1.807, 2.05) is 0 Å². The summed E-state index contributed by atoms with van der Waals surface area (Å²) in [5.41, 5.74) is -0.762. The van der Waals surface area contributed by atoms with Crippen molar-refractivity contribution >= 4 is 0 Å². The lowest BCUT2D eigenvalue weighted by Gasteiger charge is -2.31. The molecular weight excluding hydrogens is 240 g/mol. The number of ether oxygens (including phenoxy) is 2. The normalized spacial score (nSPS) is 39.0. The van der Waals surface area contributed by atoms with E-state index in [1.165, 1.54) is 0 Å². The molecule has 102 valence electrons. The average molecular weight is 260 g/mol. The molecule has 2 aliphatic rings. The second-order valence-electron chi connectivity index (χ2n) is 5.05. The molecule has 1 N–H and O–H groups in total. The van der Waals surface area contributed by atoms with Crippen LogP contribution < -0.4 is 0 Å². The lowest BCUT2D eigenvalue weighted by Crippen LogP contribution is -2.43. The fourth-order valence-corrected chi connectivity index (χ4v) is 2.85. The summed E-state index contributed by atoms with van der Waals surface area (Å²) in [6.07, 6.45) is 5.93. The van der Waals surface area contributed by atoms with E-state index < -0.39 is 11.7 Å². The molecule has 0 amide bonds. The third-order valence-electron chi connectivity index (χ3n) is 3.99. The van der Waals surface area contributed by atoms with Crippen LogP contribution in [0.3, 0.4) is 0 Å². The fraction of sp³-hybridized carbons (Fsp3) is 0.625. The topological polar surface area (TPSA) is 38.7 Å². The Hall–Kier alpha value is -1.26. The van der Waals surface area contributed by atoms with Crippen LogP contribution >= 0.6 is 0 Å². The predicted molar refractivity (Wildman–Crippen MR) is 73.2 cm³/mol. The standard InChI is InChI=1S/C16H20O3/c1-18-14-9-5-3-4-6-10-16(19-2)11-7-8-13(14)12-15(16)17/h3-4,13-15,17H,7-8,11-12H2,1-2H3/b4-3-/t13-,14+,15-,16+/m0/s1. The lowest BCUT2D eigenvalue weighted by molar-refractivity contribution is -0.0719. The van der Waals surface area contributed by atoms with Crippen molar-refractivity contribution in [1.29, 1.82) is 0 Å². The molecule has 0 aromatic heterocycles. The van der Waals surface area contributed by atoms with Crippen molar-refractivity contribution in [3.8, 4) is 23.7 Å². The number of fused-ring (bicyclic) bond motifs is 3. The molecule has 0 unspecified atom stereocenters. The van der Waals surface area contributed by atoms with Gasteiger partial charge in [-0.05, 0) is 43.8 Å². The van der Waals surface area contributed by atoms with E-state index in [0.29, 0.717) is 6.42 Å². The van der Waals surface area contributed by atoms with Gasteiger partial charge in [0, 0.05) is 14.2 Å².